The van der Waals surface area contributed by atoms with Gasteiger partial charge in [-0.05, 0) is 49.9 Å². The fourth-order valence-electron chi connectivity index (χ4n) is 4.07. The van der Waals surface area contributed by atoms with Crippen LogP contribution in [-0.2, 0) is 11.3 Å². The largest absolute Gasteiger partial charge is 0.333 e. The van der Waals surface area contributed by atoms with Gasteiger partial charge in [0.15, 0.2) is 0 Å². The molecule has 5 rings (SSSR count). The standard InChI is InChI=1S/C26H23N5O3S/c1-14-8-5-6-11-18(14)23-29-24(34-30-23)22-17(4)20-25(35-22)27-13-31(26(20)33)12-19(32)28-21-15(2)9-7-10-16(21)3/h5-11,13H,12H2,1-4H3,(H,28,32). The van der Waals surface area contributed by atoms with Gasteiger partial charge in [-0.2, -0.15) is 4.98 Å². The van der Waals surface area contributed by atoms with Crippen molar-refractivity contribution in [2.24, 2.45) is 0 Å². The van der Waals surface area contributed by atoms with Crippen molar-refractivity contribution in [2.45, 2.75) is 34.2 Å². The molecule has 0 aliphatic heterocycles. The third-order valence-electron chi connectivity index (χ3n) is 5.98. The fraction of sp³-hybridized carbons (Fsp3) is 0.192. The Hall–Kier alpha value is -4.11. The van der Waals surface area contributed by atoms with Crippen molar-refractivity contribution >= 4 is 33.1 Å². The second kappa shape index (κ2) is 8.92. The number of hydrogen-bond donors (Lipinski definition) is 1. The predicted molar refractivity (Wildman–Crippen MR) is 137 cm³/mol. The number of anilines is 1. The highest BCUT2D eigenvalue weighted by Gasteiger charge is 2.21. The Kier molecular flexibility index (Phi) is 5.78. The molecule has 8 nitrogen and oxygen atoms in total. The van der Waals surface area contributed by atoms with E-state index < -0.39 is 0 Å². The van der Waals surface area contributed by atoms with E-state index in [9.17, 15) is 9.59 Å². The number of amides is 1. The molecule has 0 atom stereocenters. The molecule has 0 bridgehead atoms. The van der Waals surface area contributed by atoms with Crippen LogP contribution in [0.4, 0.5) is 5.69 Å². The van der Waals surface area contributed by atoms with Gasteiger partial charge in [0.1, 0.15) is 11.4 Å². The first kappa shape index (κ1) is 22.7. The number of nitrogens with one attached hydrogen (secondary N) is 1. The number of nitrogens with zero attached hydrogens (tertiary/aromatic N) is 4. The summed E-state index contributed by atoms with van der Waals surface area (Å²) in [5.74, 6) is 0.532. The summed E-state index contributed by atoms with van der Waals surface area (Å²) in [4.78, 5) is 36.2. The van der Waals surface area contributed by atoms with Gasteiger partial charge in [-0.1, -0.05) is 47.6 Å². The van der Waals surface area contributed by atoms with Crippen LogP contribution in [0.3, 0.4) is 0 Å². The van der Waals surface area contributed by atoms with E-state index in [4.69, 9.17) is 4.52 Å². The van der Waals surface area contributed by atoms with E-state index in [1.165, 1.54) is 22.2 Å². The highest BCUT2D eigenvalue weighted by molar-refractivity contribution is 7.22. The number of para-hydroxylation sites is 1. The molecule has 0 unspecified atom stereocenters. The third-order valence-corrected chi connectivity index (χ3v) is 7.17. The average Bonchev–Trinajstić information content (AvgIpc) is 3.44. The van der Waals surface area contributed by atoms with Crippen LogP contribution in [0.2, 0.25) is 0 Å². The summed E-state index contributed by atoms with van der Waals surface area (Å²) in [6.45, 7) is 7.54. The molecule has 0 aliphatic rings. The molecule has 35 heavy (non-hydrogen) atoms. The van der Waals surface area contributed by atoms with Gasteiger partial charge in [-0.3, -0.25) is 14.2 Å². The summed E-state index contributed by atoms with van der Waals surface area (Å²) in [5, 5.41) is 7.49. The molecule has 0 fully saturated rings. The lowest BCUT2D eigenvalue weighted by Gasteiger charge is -2.12. The highest BCUT2D eigenvalue weighted by Crippen LogP contribution is 2.35. The minimum Gasteiger partial charge on any atom is -0.333 e. The lowest BCUT2D eigenvalue weighted by molar-refractivity contribution is -0.116. The number of fused-ring (bicyclic) bond motifs is 1. The molecule has 176 valence electrons. The van der Waals surface area contributed by atoms with Crippen LogP contribution in [0.5, 0.6) is 0 Å². The second-order valence-electron chi connectivity index (χ2n) is 8.47. The summed E-state index contributed by atoms with van der Waals surface area (Å²) in [6, 6.07) is 13.6. The zero-order chi connectivity index (χ0) is 24.7. The van der Waals surface area contributed by atoms with Gasteiger partial charge in [-0.25, -0.2) is 4.98 Å². The van der Waals surface area contributed by atoms with Crippen molar-refractivity contribution in [3.8, 4) is 22.2 Å². The number of aryl methyl sites for hydroxylation is 4. The van der Waals surface area contributed by atoms with Gasteiger partial charge >= 0.3 is 0 Å². The first-order valence-corrected chi connectivity index (χ1v) is 11.9. The molecule has 3 heterocycles. The quantitative estimate of drug-likeness (QED) is 0.374. The molecule has 0 aliphatic carbocycles. The van der Waals surface area contributed by atoms with Gasteiger partial charge in [0, 0.05) is 11.3 Å². The summed E-state index contributed by atoms with van der Waals surface area (Å²) >= 11 is 1.32. The average molecular weight is 486 g/mol. The van der Waals surface area contributed by atoms with Crippen LogP contribution in [-0.4, -0.2) is 25.6 Å². The van der Waals surface area contributed by atoms with Crippen LogP contribution in [0.15, 0.2) is 58.1 Å². The van der Waals surface area contributed by atoms with Crippen LogP contribution < -0.4 is 10.9 Å². The maximum atomic E-state index is 13.3. The van der Waals surface area contributed by atoms with Gasteiger partial charge < -0.3 is 9.84 Å². The van der Waals surface area contributed by atoms with Crippen LogP contribution in [0, 0.1) is 27.7 Å². The Bertz CT molecular complexity index is 1630. The van der Waals surface area contributed by atoms with Crippen molar-refractivity contribution in [3.63, 3.8) is 0 Å². The summed E-state index contributed by atoms with van der Waals surface area (Å²) < 4.78 is 6.86. The highest BCUT2D eigenvalue weighted by atomic mass is 32.1. The number of rotatable bonds is 5. The molecule has 9 heteroatoms. The number of aromatic nitrogens is 4. The van der Waals surface area contributed by atoms with E-state index >= 15 is 0 Å². The molecular formula is C26H23N5O3S. The van der Waals surface area contributed by atoms with E-state index in [2.05, 4.69) is 20.4 Å². The van der Waals surface area contributed by atoms with Gasteiger partial charge in [0.2, 0.25) is 11.7 Å². The molecule has 0 spiro atoms. The van der Waals surface area contributed by atoms with Gasteiger partial charge in [0.05, 0.1) is 16.6 Å². The SMILES string of the molecule is Cc1ccccc1-c1noc(-c2sc3ncn(CC(=O)Nc4c(C)cccc4C)c(=O)c3c2C)n1. The normalized spacial score (nSPS) is 11.2. The van der Waals surface area contributed by atoms with E-state index in [-0.39, 0.29) is 18.0 Å². The van der Waals surface area contributed by atoms with Crippen LogP contribution >= 0.6 is 11.3 Å². The molecule has 0 saturated heterocycles. The summed E-state index contributed by atoms with van der Waals surface area (Å²) in [5.41, 5.74) is 5.02. The lowest BCUT2D eigenvalue weighted by Crippen LogP contribution is -2.28. The maximum absolute atomic E-state index is 13.3. The Morgan fingerprint density at radius 2 is 1.74 bits per heavy atom. The second-order valence-corrected chi connectivity index (χ2v) is 9.47. The van der Waals surface area contributed by atoms with Crippen molar-refractivity contribution in [2.75, 3.05) is 5.32 Å². The third kappa shape index (κ3) is 4.15. The first-order chi connectivity index (χ1) is 16.8. The topological polar surface area (TPSA) is 103 Å². The van der Waals surface area contributed by atoms with Gasteiger partial charge in [0.25, 0.3) is 11.4 Å². The molecule has 2 aromatic carbocycles. The summed E-state index contributed by atoms with van der Waals surface area (Å²) in [6.07, 6.45) is 1.40. The number of carbonyl (C=O) groups excluding carboxylic acids is 1. The Morgan fingerprint density at radius 3 is 2.49 bits per heavy atom. The molecule has 0 saturated carbocycles. The first-order valence-electron chi connectivity index (χ1n) is 11.1. The fourth-order valence-corrected chi connectivity index (χ4v) is 5.13. The lowest BCUT2D eigenvalue weighted by atomic mass is 10.1. The molecular weight excluding hydrogens is 462 g/mol. The smallest absolute Gasteiger partial charge is 0.268 e. The van der Waals surface area contributed by atoms with Crippen molar-refractivity contribution in [3.05, 3.63) is 81.4 Å². The van der Waals surface area contributed by atoms with Crippen molar-refractivity contribution in [1.82, 2.24) is 19.7 Å². The number of benzene rings is 2. The maximum Gasteiger partial charge on any atom is 0.268 e. The minimum atomic E-state index is -0.293. The Morgan fingerprint density at radius 1 is 1.03 bits per heavy atom. The van der Waals surface area contributed by atoms with Crippen LogP contribution in [0.25, 0.3) is 32.4 Å². The van der Waals surface area contributed by atoms with Crippen molar-refractivity contribution in [1.29, 1.82) is 0 Å². The molecule has 5 aromatic rings. The van der Waals surface area contributed by atoms with E-state index in [0.29, 0.717) is 32.4 Å². The van der Waals surface area contributed by atoms with E-state index in [1.807, 2.05) is 70.2 Å². The molecule has 1 amide bonds. The number of carbonyl (C=O) groups is 1. The summed E-state index contributed by atoms with van der Waals surface area (Å²) in [7, 11) is 0. The minimum absolute atomic E-state index is 0.141. The number of hydrogen-bond acceptors (Lipinski definition) is 7. The number of thiophene rings is 1. The molecule has 3 aromatic heterocycles. The van der Waals surface area contributed by atoms with Crippen molar-refractivity contribution < 1.29 is 9.32 Å². The van der Waals surface area contributed by atoms with Gasteiger partial charge in [-0.15, -0.1) is 11.3 Å². The molecule has 1 N–H and O–H groups in total. The zero-order valence-electron chi connectivity index (χ0n) is 19.7. The van der Waals surface area contributed by atoms with E-state index in [0.717, 1.165) is 27.9 Å². The predicted octanol–water partition coefficient (Wildman–Crippen LogP) is 5.05. The Labute approximate surface area is 205 Å². The van der Waals surface area contributed by atoms with Crippen LogP contribution in [0.1, 0.15) is 22.3 Å². The van der Waals surface area contributed by atoms with E-state index in [1.54, 1.807) is 0 Å². The monoisotopic (exact) mass is 485 g/mol. The molecule has 0 radical (unpaired) electrons. The Balaban J connectivity index is 1.46. The zero-order valence-corrected chi connectivity index (χ0v) is 20.6.